The van der Waals surface area contributed by atoms with Crippen molar-refractivity contribution >= 4 is 5.91 Å². The number of primary amides is 1. The first-order chi connectivity index (χ1) is 6.93. The van der Waals surface area contributed by atoms with Crippen molar-refractivity contribution in [1.82, 2.24) is 4.90 Å². The smallest absolute Gasteiger partial charge is 0.239 e. The molecule has 1 rings (SSSR count). The Morgan fingerprint density at radius 1 is 1.33 bits per heavy atom. The second kappa shape index (κ2) is 4.35. The molecule has 0 saturated carbocycles. The fraction of sp³-hybridized carbons (Fsp3) is 0.300. The lowest BCUT2D eigenvalue weighted by Crippen LogP contribution is -2.32. The van der Waals surface area contributed by atoms with Crippen LogP contribution in [0.15, 0.2) is 18.2 Å². The molecule has 0 spiro atoms. The van der Waals surface area contributed by atoms with Gasteiger partial charge in [0.25, 0.3) is 0 Å². The number of hydrogen-bond acceptors (Lipinski definition) is 2. The van der Waals surface area contributed by atoms with Crippen molar-refractivity contribution in [3.05, 3.63) is 35.4 Å². The minimum absolute atomic E-state index is 0.339. The number of hydrogen-bond donors (Lipinski definition) is 1. The first kappa shape index (κ1) is 11.6. The van der Waals surface area contributed by atoms with Gasteiger partial charge in [-0.15, -0.1) is 0 Å². The number of benzene rings is 1. The molecule has 5 heteroatoms. The van der Waals surface area contributed by atoms with Gasteiger partial charge in [0.1, 0.15) is 6.04 Å². The number of likely N-dealkylation sites (N-methyl/N-ethyl adjacent to an activating group) is 1. The average molecular weight is 214 g/mol. The topological polar surface area (TPSA) is 46.3 Å². The molecule has 1 amide bonds. The van der Waals surface area contributed by atoms with Gasteiger partial charge in [-0.25, -0.2) is 8.78 Å². The van der Waals surface area contributed by atoms with Crippen LogP contribution in [0.1, 0.15) is 11.6 Å². The summed E-state index contributed by atoms with van der Waals surface area (Å²) in [6.45, 7) is 0. The summed E-state index contributed by atoms with van der Waals surface area (Å²) in [7, 11) is 3.27. The van der Waals surface area contributed by atoms with Gasteiger partial charge in [0.2, 0.25) is 5.91 Å². The highest BCUT2D eigenvalue weighted by Gasteiger charge is 2.21. The molecule has 0 saturated heterocycles. The highest BCUT2D eigenvalue weighted by Crippen LogP contribution is 2.19. The van der Waals surface area contributed by atoms with Crippen molar-refractivity contribution in [1.29, 1.82) is 0 Å². The van der Waals surface area contributed by atoms with Crippen molar-refractivity contribution < 1.29 is 13.6 Å². The molecule has 3 nitrogen and oxygen atoms in total. The van der Waals surface area contributed by atoms with E-state index in [0.29, 0.717) is 5.56 Å². The van der Waals surface area contributed by atoms with E-state index in [2.05, 4.69) is 0 Å². The summed E-state index contributed by atoms with van der Waals surface area (Å²) in [5, 5.41) is 0. The molecule has 82 valence electrons. The Bertz CT molecular complexity index is 380. The van der Waals surface area contributed by atoms with Gasteiger partial charge in [-0.05, 0) is 31.8 Å². The van der Waals surface area contributed by atoms with Gasteiger partial charge in [-0.3, -0.25) is 9.69 Å². The fourth-order valence-corrected chi connectivity index (χ4v) is 1.40. The van der Waals surface area contributed by atoms with Crippen LogP contribution in [0.5, 0.6) is 0 Å². The van der Waals surface area contributed by atoms with E-state index in [9.17, 15) is 13.6 Å². The van der Waals surface area contributed by atoms with Crippen LogP contribution >= 0.6 is 0 Å². The van der Waals surface area contributed by atoms with Crippen molar-refractivity contribution in [3.63, 3.8) is 0 Å². The van der Waals surface area contributed by atoms with E-state index in [1.807, 2.05) is 0 Å². The van der Waals surface area contributed by atoms with Crippen LogP contribution < -0.4 is 5.73 Å². The fourth-order valence-electron chi connectivity index (χ4n) is 1.40. The van der Waals surface area contributed by atoms with Gasteiger partial charge in [0.05, 0.1) is 0 Å². The predicted octanol–water partition coefficient (Wildman–Crippen LogP) is 1.05. The maximum Gasteiger partial charge on any atom is 0.239 e. The molecule has 0 aliphatic rings. The van der Waals surface area contributed by atoms with Gasteiger partial charge in [0, 0.05) is 0 Å². The number of carbonyl (C=O) groups excluding carboxylic acids is 1. The molecule has 1 aromatic rings. The molecule has 0 bridgehead atoms. The molecular formula is C10H12F2N2O. The van der Waals surface area contributed by atoms with E-state index in [-0.39, 0.29) is 0 Å². The summed E-state index contributed by atoms with van der Waals surface area (Å²) in [5.41, 5.74) is 5.50. The molecule has 0 heterocycles. The molecule has 1 unspecified atom stereocenters. The predicted molar refractivity (Wildman–Crippen MR) is 52.0 cm³/mol. The Kier molecular flexibility index (Phi) is 3.36. The first-order valence-corrected chi connectivity index (χ1v) is 4.34. The number of carbonyl (C=O) groups is 1. The van der Waals surface area contributed by atoms with E-state index in [4.69, 9.17) is 5.73 Å². The normalized spacial score (nSPS) is 12.9. The van der Waals surface area contributed by atoms with Crippen LogP contribution in [0.3, 0.4) is 0 Å². The lowest BCUT2D eigenvalue weighted by molar-refractivity contribution is -0.122. The Morgan fingerprint density at radius 3 is 2.33 bits per heavy atom. The van der Waals surface area contributed by atoms with Crippen molar-refractivity contribution in [2.24, 2.45) is 5.73 Å². The third-order valence-corrected chi connectivity index (χ3v) is 2.05. The zero-order valence-corrected chi connectivity index (χ0v) is 8.50. The summed E-state index contributed by atoms with van der Waals surface area (Å²) in [4.78, 5) is 12.6. The van der Waals surface area contributed by atoms with Gasteiger partial charge in [-0.2, -0.15) is 0 Å². The van der Waals surface area contributed by atoms with Gasteiger partial charge in [-0.1, -0.05) is 6.07 Å². The molecular weight excluding hydrogens is 202 g/mol. The summed E-state index contributed by atoms with van der Waals surface area (Å²) < 4.78 is 25.6. The van der Waals surface area contributed by atoms with Crippen LogP contribution in [-0.2, 0) is 4.79 Å². The molecule has 1 aromatic carbocycles. The summed E-state index contributed by atoms with van der Waals surface area (Å²) in [6, 6.07) is 2.54. The second-order valence-corrected chi connectivity index (χ2v) is 3.44. The molecule has 2 N–H and O–H groups in total. The van der Waals surface area contributed by atoms with E-state index in [1.165, 1.54) is 11.0 Å². The molecule has 0 radical (unpaired) electrons. The van der Waals surface area contributed by atoms with Crippen LogP contribution in [-0.4, -0.2) is 24.9 Å². The quantitative estimate of drug-likeness (QED) is 0.817. The highest BCUT2D eigenvalue weighted by molar-refractivity contribution is 5.81. The average Bonchev–Trinajstić information content (AvgIpc) is 2.10. The van der Waals surface area contributed by atoms with Gasteiger partial charge in [0.15, 0.2) is 11.6 Å². The van der Waals surface area contributed by atoms with E-state index < -0.39 is 23.6 Å². The second-order valence-electron chi connectivity index (χ2n) is 3.44. The summed E-state index contributed by atoms with van der Waals surface area (Å²) >= 11 is 0. The number of rotatable bonds is 3. The molecule has 0 aliphatic heterocycles. The van der Waals surface area contributed by atoms with Crippen LogP contribution in [0, 0.1) is 11.6 Å². The first-order valence-electron chi connectivity index (χ1n) is 4.34. The minimum atomic E-state index is -0.986. The van der Waals surface area contributed by atoms with Gasteiger partial charge >= 0.3 is 0 Å². The molecule has 0 aliphatic carbocycles. The Morgan fingerprint density at radius 2 is 1.93 bits per heavy atom. The highest BCUT2D eigenvalue weighted by atomic mass is 19.2. The lowest BCUT2D eigenvalue weighted by atomic mass is 10.1. The monoisotopic (exact) mass is 214 g/mol. The summed E-state index contributed by atoms with van der Waals surface area (Å²) in [6.07, 6.45) is 0. The SMILES string of the molecule is CN(C)C(C(N)=O)c1ccc(F)c(F)c1. The van der Waals surface area contributed by atoms with Crippen LogP contribution in [0.4, 0.5) is 8.78 Å². The summed E-state index contributed by atoms with van der Waals surface area (Å²) in [5.74, 6) is -2.53. The number of amides is 1. The standard InChI is InChI=1S/C10H12F2N2O/c1-14(2)9(10(13)15)6-3-4-7(11)8(12)5-6/h3-5,9H,1-2H3,(H2,13,15). The molecule has 15 heavy (non-hydrogen) atoms. The molecule has 0 fully saturated rings. The number of halogens is 2. The minimum Gasteiger partial charge on any atom is -0.368 e. The van der Waals surface area contributed by atoms with Crippen LogP contribution in [0.2, 0.25) is 0 Å². The molecule has 1 atom stereocenters. The Labute approximate surface area is 86.5 Å². The van der Waals surface area contributed by atoms with Crippen LogP contribution in [0.25, 0.3) is 0 Å². The lowest BCUT2D eigenvalue weighted by Gasteiger charge is -2.21. The maximum absolute atomic E-state index is 12.9. The van der Waals surface area contributed by atoms with Crippen molar-refractivity contribution in [2.45, 2.75) is 6.04 Å². The van der Waals surface area contributed by atoms with Crippen molar-refractivity contribution in [2.75, 3.05) is 14.1 Å². The van der Waals surface area contributed by atoms with E-state index in [1.54, 1.807) is 14.1 Å². The van der Waals surface area contributed by atoms with E-state index in [0.717, 1.165) is 12.1 Å². The third-order valence-electron chi connectivity index (χ3n) is 2.05. The van der Waals surface area contributed by atoms with E-state index >= 15 is 0 Å². The number of nitrogens with zero attached hydrogens (tertiary/aromatic N) is 1. The number of nitrogens with two attached hydrogens (primary N) is 1. The zero-order chi connectivity index (χ0) is 11.6. The van der Waals surface area contributed by atoms with Crippen molar-refractivity contribution in [3.8, 4) is 0 Å². The molecule has 0 aromatic heterocycles. The third kappa shape index (κ3) is 2.50. The Hall–Kier alpha value is -1.49. The zero-order valence-electron chi connectivity index (χ0n) is 8.50. The largest absolute Gasteiger partial charge is 0.368 e. The maximum atomic E-state index is 12.9. The Balaban J connectivity index is 3.12. The van der Waals surface area contributed by atoms with Gasteiger partial charge < -0.3 is 5.73 Å².